The number of anilines is 1. The maximum Gasteiger partial charge on any atom is 0.223 e. The van der Waals surface area contributed by atoms with Crippen molar-refractivity contribution in [3.8, 4) is 0 Å². The minimum absolute atomic E-state index is 0.220. The Labute approximate surface area is 182 Å². The molecule has 0 aliphatic carbocycles. The van der Waals surface area contributed by atoms with E-state index in [2.05, 4.69) is 4.90 Å². The Kier molecular flexibility index (Phi) is 6.31. The third kappa shape index (κ3) is 4.74. The fraction of sp³-hybridized carbons (Fsp3) is 0.300. The third-order valence-electron chi connectivity index (χ3n) is 4.64. The molecule has 0 N–H and O–H groups in total. The first-order valence-corrected chi connectivity index (χ1v) is 11.6. The predicted octanol–water partition coefficient (Wildman–Crippen LogP) is 5.43. The lowest BCUT2D eigenvalue weighted by atomic mass is 10.3. The van der Waals surface area contributed by atoms with E-state index in [1.54, 1.807) is 23.1 Å². The van der Waals surface area contributed by atoms with Gasteiger partial charge in [0, 0.05) is 53.3 Å². The Morgan fingerprint density at radius 2 is 1.75 bits per heavy atom. The van der Waals surface area contributed by atoms with Crippen LogP contribution in [0.25, 0.3) is 10.2 Å². The number of carbonyl (C=O) groups is 1. The van der Waals surface area contributed by atoms with E-state index in [-0.39, 0.29) is 5.91 Å². The van der Waals surface area contributed by atoms with Gasteiger partial charge in [-0.3, -0.25) is 4.79 Å². The summed E-state index contributed by atoms with van der Waals surface area (Å²) in [7, 11) is 0. The second kappa shape index (κ2) is 8.91. The number of amides is 1. The highest BCUT2D eigenvalue weighted by Crippen LogP contribution is 2.31. The molecule has 0 atom stereocenters. The molecule has 4 rings (SSSR count). The monoisotopic (exact) mass is 451 g/mol. The summed E-state index contributed by atoms with van der Waals surface area (Å²) in [4.78, 5) is 22.6. The van der Waals surface area contributed by atoms with E-state index in [9.17, 15) is 4.79 Å². The molecule has 1 aliphatic rings. The Hall–Kier alpha value is -1.47. The number of hydrogen-bond acceptors (Lipinski definition) is 5. The van der Waals surface area contributed by atoms with Gasteiger partial charge in [-0.15, -0.1) is 11.8 Å². The van der Waals surface area contributed by atoms with E-state index < -0.39 is 0 Å². The van der Waals surface area contributed by atoms with Crippen LogP contribution < -0.4 is 4.90 Å². The summed E-state index contributed by atoms with van der Waals surface area (Å²) in [5, 5.41) is 2.46. The average Bonchev–Trinajstić information content (AvgIpc) is 3.12. The zero-order chi connectivity index (χ0) is 19.5. The van der Waals surface area contributed by atoms with Crippen molar-refractivity contribution in [3.05, 3.63) is 52.5 Å². The number of hydrogen-bond donors (Lipinski definition) is 0. The van der Waals surface area contributed by atoms with Crippen LogP contribution in [0.4, 0.5) is 5.13 Å². The molecule has 0 bridgehead atoms. The molecule has 1 saturated heterocycles. The number of aromatic nitrogens is 1. The zero-order valence-electron chi connectivity index (χ0n) is 15.1. The summed E-state index contributed by atoms with van der Waals surface area (Å²) in [6.45, 7) is 3.09. The summed E-state index contributed by atoms with van der Waals surface area (Å²) in [6, 6.07) is 13.5. The van der Waals surface area contributed by atoms with Crippen molar-refractivity contribution in [2.24, 2.45) is 0 Å². The molecule has 2 aromatic carbocycles. The first-order chi connectivity index (χ1) is 13.6. The highest BCUT2D eigenvalue weighted by atomic mass is 35.5. The van der Waals surface area contributed by atoms with Gasteiger partial charge in [-0.2, -0.15) is 0 Å². The first-order valence-electron chi connectivity index (χ1n) is 9.06. The lowest BCUT2D eigenvalue weighted by molar-refractivity contribution is -0.131. The largest absolute Gasteiger partial charge is 0.345 e. The van der Waals surface area contributed by atoms with E-state index in [0.717, 1.165) is 62.2 Å². The molecule has 2 heterocycles. The molecular weight excluding hydrogens is 433 g/mol. The van der Waals surface area contributed by atoms with Crippen LogP contribution in [0.2, 0.25) is 10.0 Å². The average molecular weight is 452 g/mol. The standard InChI is InChI=1S/C20H19Cl2N3OS2/c21-14-1-4-16(5-2-14)27-12-7-19(26)24-8-10-25(11-9-24)20-23-17-6-3-15(22)13-18(17)28-20/h1-6,13H,7-12H2. The smallest absolute Gasteiger partial charge is 0.223 e. The van der Waals surface area contributed by atoms with Crippen LogP contribution in [0, 0.1) is 0 Å². The van der Waals surface area contributed by atoms with Crippen molar-refractivity contribution in [3.63, 3.8) is 0 Å². The molecule has 28 heavy (non-hydrogen) atoms. The number of halogens is 2. The summed E-state index contributed by atoms with van der Waals surface area (Å²) >= 11 is 15.3. The van der Waals surface area contributed by atoms with Crippen molar-refractivity contribution in [1.29, 1.82) is 0 Å². The second-order valence-corrected chi connectivity index (χ2v) is 9.58. The highest BCUT2D eigenvalue weighted by Gasteiger charge is 2.22. The number of benzene rings is 2. The molecule has 4 nitrogen and oxygen atoms in total. The van der Waals surface area contributed by atoms with Gasteiger partial charge in [0.1, 0.15) is 0 Å². The molecule has 0 saturated carbocycles. The molecule has 146 valence electrons. The summed E-state index contributed by atoms with van der Waals surface area (Å²) in [5.41, 5.74) is 0.974. The second-order valence-electron chi connectivity index (χ2n) is 6.53. The van der Waals surface area contributed by atoms with Crippen molar-refractivity contribution in [2.45, 2.75) is 11.3 Å². The minimum Gasteiger partial charge on any atom is -0.345 e. The normalized spacial score (nSPS) is 14.6. The molecule has 1 aliphatic heterocycles. The van der Waals surface area contributed by atoms with Gasteiger partial charge in [-0.25, -0.2) is 4.98 Å². The van der Waals surface area contributed by atoms with Crippen molar-refractivity contribution in [2.75, 3.05) is 36.8 Å². The molecule has 8 heteroatoms. The van der Waals surface area contributed by atoms with Gasteiger partial charge >= 0.3 is 0 Å². The Balaban J connectivity index is 1.27. The van der Waals surface area contributed by atoms with Crippen LogP contribution in [-0.2, 0) is 4.79 Å². The lowest BCUT2D eigenvalue weighted by Gasteiger charge is -2.34. The van der Waals surface area contributed by atoms with Gasteiger partial charge in [0.05, 0.1) is 10.2 Å². The Morgan fingerprint density at radius 1 is 1.04 bits per heavy atom. The predicted molar refractivity (Wildman–Crippen MR) is 120 cm³/mol. The van der Waals surface area contributed by atoms with Crippen molar-refractivity contribution < 1.29 is 4.79 Å². The number of thioether (sulfide) groups is 1. The zero-order valence-corrected chi connectivity index (χ0v) is 18.3. The van der Waals surface area contributed by atoms with Crippen LogP contribution >= 0.6 is 46.3 Å². The van der Waals surface area contributed by atoms with E-state index in [4.69, 9.17) is 28.2 Å². The highest BCUT2D eigenvalue weighted by molar-refractivity contribution is 7.99. The molecule has 1 amide bonds. The van der Waals surface area contributed by atoms with Gasteiger partial charge in [0.25, 0.3) is 0 Å². The maximum absolute atomic E-state index is 12.5. The molecule has 0 radical (unpaired) electrons. The first kappa shape index (κ1) is 19.8. The van der Waals surface area contributed by atoms with Gasteiger partial charge in [-0.05, 0) is 42.5 Å². The maximum atomic E-state index is 12.5. The van der Waals surface area contributed by atoms with Gasteiger partial charge in [0.15, 0.2) is 5.13 Å². The van der Waals surface area contributed by atoms with E-state index >= 15 is 0 Å². The molecule has 1 fully saturated rings. The number of carbonyl (C=O) groups excluding carboxylic acids is 1. The van der Waals surface area contributed by atoms with E-state index in [1.807, 2.05) is 47.4 Å². The molecular formula is C20H19Cl2N3OS2. The van der Waals surface area contributed by atoms with Gasteiger partial charge in [0.2, 0.25) is 5.91 Å². The summed E-state index contributed by atoms with van der Waals surface area (Å²) < 4.78 is 1.10. The number of thiazole rings is 1. The fourth-order valence-corrected chi connectivity index (χ4v) is 5.37. The fourth-order valence-electron chi connectivity index (χ4n) is 3.11. The van der Waals surface area contributed by atoms with Gasteiger partial charge in [-0.1, -0.05) is 34.5 Å². The quantitative estimate of drug-likeness (QED) is 0.484. The van der Waals surface area contributed by atoms with Crippen molar-refractivity contribution in [1.82, 2.24) is 9.88 Å². The van der Waals surface area contributed by atoms with Crippen LogP contribution in [0.1, 0.15) is 6.42 Å². The lowest BCUT2D eigenvalue weighted by Crippen LogP contribution is -2.48. The van der Waals surface area contributed by atoms with Crippen LogP contribution in [0.15, 0.2) is 47.4 Å². The van der Waals surface area contributed by atoms with Crippen LogP contribution in [0.5, 0.6) is 0 Å². The molecule has 1 aromatic heterocycles. The number of fused-ring (bicyclic) bond motifs is 1. The third-order valence-corrected chi connectivity index (χ3v) is 7.22. The Bertz CT molecular complexity index is 969. The SMILES string of the molecule is O=C(CCSc1ccc(Cl)cc1)N1CCN(c2nc3ccc(Cl)cc3s2)CC1. The Morgan fingerprint density at radius 3 is 2.50 bits per heavy atom. The molecule has 3 aromatic rings. The molecule has 0 spiro atoms. The van der Waals surface area contributed by atoms with Crippen LogP contribution in [0.3, 0.4) is 0 Å². The number of rotatable bonds is 5. The van der Waals surface area contributed by atoms with Crippen molar-refractivity contribution >= 4 is 67.6 Å². The number of nitrogens with zero attached hydrogens (tertiary/aromatic N) is 3. The summed E-state index contributed by atoms with van der Waals surface area (Å²) in [6.07, 6.45) is 0.549. The molecule has 0 unspecified atom stereocenters. The van der Waals surface area contributed by atoms with Gasteiger partial charge < -0.3 is 9.80 Å². The van der Waals surface area contributed by atoms with E-state index in [0.29, 0.717) is 6.42 Å². The van der Waals surface area contributed by atoms with E-state index in [1.165, 1.54) is 0 Å². The van der Waals surface area contributed by atoms with Crippen LogP contribution in [-0.4, -0.2) is 47.7 Å². The topological polar surface area (TPSA) is 36.4 Å². The minimum atomic E-state index is 0.220. The summed E-state index contributed by atoms with van der Waals surface area (Å²) in [5.74, 6) is 0.997. The number of piperazine rings is 1.